The second-order valence-electron chi connectivity index (χ2n) is 1.96. The SMILES string of the molecule is Nc1scc(CO)c1C(=O)O. The third-order valence-electron chi connectivity index (χ3n) is 1.28. The highest BCUT2D eigenvalue weighted by molar-refractivity contribution is 7.14. The van der Waals surface area contributed by atoms with Gasteiger partial charge in [0.2, 0.25) is 0 Å². The van der Waals surface area contributed by atoms with Crippen LogP contribution < -0.4 is 5.73 Å². The van der Waals surface area contributed by atoms with Gasteiger partial charge in [-0.3, -0.25) is 0 Å². The maximum Gasteiger partial charge on any atom is 0.339 e. The van der Waals surface area contributed by atoms with Gasteiger partial charge < -0.3 is 15.9 Å². The molecule has 0 amide bonds. The van der Waals surface area contributed by atoms with Crippen molar-refractivity contribution >= 4 is 22.3 Å². The summed E-state index contributed by atoms with van der Waals surface area (Å²) in [5.41, 5.74) is 5.74. The third-order valence-corrected chi connectivity index (χ3v) is 2.14. The molecule has 0 bridgehead atoms. The Bertz CT molecular complexity index is 281. The third kappa shape index (κ3) is 1.33. The summed E-state index contributed by atoms with van der Waals surface area (Å²) in [5.74, 6) is -1.09. The Morgan fingerprint density at radius 3 is 2.73 bits per heavy atom. The van der Waals surface area contributed by atoms with Crippen LogP contribution in [0.1, 0.15) is 15.9 Å². The van der Waals surface area contributed by atoms with E-state index >= 15 is 0 Å². The zero-order valence-electron chi connectivity index (χ0n) is 5.57. The number of anilines is 1. The van der Waals surface area contributed by atoms with Crippen molar-refractivity contribution in [2.24, 2.45) is 0 Å². The molecule has 0 saturated carbocycles. The largest absolute Gasteiger partial charge is 0.478 e. The van der Waals surface area contributed by atoms with E-state index in [4.69, 9.17) is 15.9 Å². The number of aromatic carboxylic acids is 1. The molecule has 1 rings (SSSR count). The lowest BCUT2D eigenvalue weighted by molar-refractivity contribution is 0.0695. The average Bonchev–Trinajstić information content (AvgIpc) is 2.30. The molecule has 0 radical (unpaired) electrons. The molecule has 5 heteroatoms. The van der Waals surface area contributed by atoms with Gasteiger partial charge in [-0.2, -0.15) is 0 Å². The van der Waals surface area contributed by atoms with Crippen LogP contribution in [0.5, 0.6) is 0 Å². The van der Waals surface area contributed by atoms with Crippen molar-refractivity contribution in [3.05, 3.63) is 16.5 Å². The van der Waals surface area contributed by atoms with Crippen LogP contribution in [-0.2, 0) is 6.61 Å². The lowest BCUT2D eigenvalue weighted by Crippen LogP contribution is -2.02. The highest BCUT2D eigenvalue weighted by Crippen LogP contribution is 2.24. The number of aliphatic hydroxyl groups is 1. The molecule has 60 valence electrons. The number of aliphatic hydroxyl groups excluding tert-OH is 1. The van der Waals surface area contributed by atoms with Gasteiger partial charge in [0.1, 0.15) is 5.00 Å². The standard InChI is InChI=1S/C6H7NO3S/c7-5-4(6(9)10)3(1-8)2-11-5/h2,8H,1,7H2,(H,9,10). The monoisotopic (exact) mass is 173 g/mol. The molecule has 4 N–H and O–H groups in total. The summed E-state index contributed by atoms with van der Waals surface area (Å²) in [4.78, 5) is 10.5. The number of carboxylic acids is 1. The second-order valence-corrected chi connectivity index (χ2v) is 2.87. The first-order valence-electron chi connectivity index (χ1n) is 2.86. The summed E-state index contributed by atoms with van der Waals surface area (Å²) in [6.07, 6.45) is 0. The molecule has 0 saturated heterocycles. The minimum atomic E-state index is -1.09. The first-order valence-corrected chi connectivity index (χ1v) is 3.74. The molecule has 0 atom stereocenters. The van der Waals surface area contributed by atoms with Crippen molar-refractivity contribution < 1.29 is 15.0 Å². The van der Waals surface area contributed by atoms with Crippen molar-refractivity contribution in [3.8, 4) is 0 Å². The fourth-order valence-corrected chi connectivity index (χ4v) is 1.57. The molecular formula is C6H7NO3S. The number of rotatable bonds is 2. The summed E-state index contributed by atoms with van der Waals surface area (Å²) in [6.45, 7) is -0.282. The van der Waals surface area contributed by atoms with E-state index < -0.39 is 5.97 Å². The van der Waals surface area contributed by atoms with Gasteiger partial charge in [0, 0.05) is 5.56 Å². The summed E-state index contributed by atoms with van der Waals surface area (Å²) < 4.78 is 0. The van der Waals surface area contributed by atoms with Crippen molar-refractivity contribution in [2.45, 2.75) is 6.61 Å². The molecule has 1 aromatic heterocycles. The lowest BCUT2D eigenvalue weighted by atomic mass is 10.2. The number of carboxylic acid groups (broad SMARTS) is 1. The summed E-state index contributed by atoms with van der Waals surface area (Å²) in [6, 6.07) is 0. The summed E-state index contributed by atoms with van der Waals surface area (Å²) >= 11 is 1.12. The van der Waals surface area contributed by atoms with E-state index in [-0.39, 0.29) is 17.2 Å². The minimum absolute atomic E-state index is 0.0255. The quantitative estimate of drug-likeness (QED) is 0.608. The average molecular weight is 173 g/mol. The molecule has 1 aromatic rings. The second kappa shape index (κ2) is 2.89. The number of carbonyl (C=O) groups is 1. The van der Waals surface area contributed by atoms with Gasteiger partial charge in [-0.25, -0.2) is 4.79 Å². The van der Waals surface area contributed by atoms with Crippen LogP contribution in [0, 0.1) is 0 Å². The molecular weight excluding hydrogens is 166 g/mol. The lowest BCUT2D eigenvalue weighted by Gasteiger charge is -1.94. The first kappa shape index (κ1) is 8.03. The van der Waals surface area contributed by atoms with Crippen LogP contribution >= 0.6 is 11.3 Å². The Kier molecular flexibility index (Phi) is 2.11. The molecule has 0 aromatic carbocycles. The highest BCUT2D eigenvalue weighted by Gasteiger charge is 2.14. The minimum Gasteiger partial charge on any atom is -0.478 e. The molecule has 0 aliphatic carbocycles. The maximum atomic E-state index is 10.5. The first-order chi connectivity index (χ1) is 5.16. The number of hydrogen-bond acceptors (Lipinski definition) is 4. The number of nitrogens with two attached hydrogens (primary N) is 1. The van der Waals surface area contributed by atoms with Crippen LogP contribution in [0.3, 0.4) is 0 Å². The van der Waals surface area contributed by atoms with Crippen LogP contribution in [0.2, 0.25) is 0 Å². The van der Waals surface area contributed by atoms with Gasteiger partial charge in [-0.15, -0.1) is 11.3 Å². The normalized spacial score (nSPS) is 9.91. The van der Waals surface area contributed by atoms with E-state index in [1.54, 1.807) is 5.38 Å². The molecule has 0 aliphatic heterocycles. The van der Waals surface area contributed by atoms with Crippen LogP contribution in [0.4, 0.5) is 5.00 Å². The van der Waals surface area contributed by atoms with E-state index in [1.807, 2.05) is 0 Å². The van der Waals surface area contributed by atoms with Gasteiger partial charge in [-0.1, -0.05) is 0 Å². The van der Waals surface area contributed by atoms with Gasteiger partial charge >= 0.3 is 5.97 Å². The van der Waals surface area contributed by atoms with Gasteiger partial charge in [-0.05, 0) is 5.38 Å². The molecule has 0 aliphatic rings. The van der Waals surface area contributed by atoms with Gasteiger partial charge in [0.15, 0.2) is 0 Å². The summed E-state index contributed by atoms with van der Waals surface area (Å²) in [5, 5.41) is 19.0. The van der Waals surface area contributed by atoms with E-state index in [0.717, 1.165) is 11.3 Å². The molecule has 0 fully saturated rings. The predicted molar refractivity (Wildman–Crippen MR) is 41.6 cm³/mol. The van der Waals surface area contributed by atoms with Crippen molar-refractivity contribution in [3.63, 3.8) is 0 Å². The van der Waals surface area contributed by atoms with Gasteiger partial charge in [0.25, 0.3) is 0 Å². The molecule has 0 unspecified atom stereocenters. The fourth-order valence-electron chi connectivity index (χ4n) is 0.770. The highest BCUT2D eigenvalue weighted by atomic mass is 32.1. The maximum absolute atomic E-state index is 10.5. The topological polar surface area (TPSA) is 83.5 Å². The van der Waals surface area contributed by atoms with E-state index in [1.165, 1.54) is 0 Å². The Morgan fingerprint density at radius 2 is 2.36 bits per heavy atom. The van der Waals surface area contributed by atoms with Crippen molar-refractivity contribution in [1.29, 1.82) is 0 Å². The van der Waals surface area contributed by atoms with Crippen LogP contribution in [0.25, 0.3) is 0 Å². The zero-order valence-corrected chi connectivity index (χ0v) is 6.39. The number of thiophene rings is 1. The molecule has 1 heterocycles. The Balaban J connectivity index is 3.17. The Morgan fingerprint density at radius 1 is 1.73 bits per heavy atom. The number of hydrogen-bond donors (Lipinski definition) is 3. The van der Waals surface area contributed by atoms with E-state index in [9.17, 15) is 4.79 Å². The zero-order chi connectivity index (χ0) is 8.43. The smallest absolute Gasteiger partial charge is 0.339 e. The Hall–Kier alpha value is -1.07. The van der Waals surface area contributed by atoms with E-state index in [2.05, 4.69) is 0 Å². The van der Waals surface area contributed by atoms with E-state index in [0.29, 0.717) is 5.56 Å². The fraction of sp³-hybridized carbons (Fsp3) is 0.167. The van der Waals surface area contributed by atoms with Crippen molar-refractivity contribution in [2.75, 3.05) is 5.73 Å². The van der Waals surface area contributed by atoms with Crippen LogP contribution in [0.15, 0.2) is 5.38 Å². The van der Waals surface area contributed by atoms with Crippen LogP contribution in [-0.4, -0.2) is 16.2 Å². The predicted octanol–water partition coefficient (Wildman–Crippen LogP) is 0.521. The summed E-state index contributed by atoms with van der Waals surface area (Å²) in [7, 11) is 0. The Labute approximate surface area is 66.9 Å². The van der Waals surface area contributed by atoms with Gasteiger partial charge in [0.05, 0.1) is 12.2 Å². The molecule has 11 heavy (non-hydrogen) atoms. The number of nitrogen functional groups attached to an aromatic ring is 1. The molecule has 0 spiro atoms. The molecule has 4 nitrogen and oxygen atoms in total. The van der Waals surface area contributed by atoms with Crippen molar-refractivity contribution in [1.82, 2.24) is 0 Å².